The van der Waals surface area contributed by atoms with Crippen LogP contribution in [0.1, 0.15) is 213 Å². The van der Waals surface area contributed by atoms with Gasteiger partial charge in [0.2, 0.25) is 11.8 Å². The molecule has 0 heterocycles. The van der Waals surface area contributed by atoms with Crippen LogP contribution in [0.15, 0.2) is 48.6 Å². The smallest absolute Gasteiger partial charge is 0.328 e. The highest BCUT2D eigenvalue weighted by Gasteiger charge is 2.19. The molecule has 0 bridgehead atoms. The van der Waals surface area contributed by atoms with Crippen LogP contribution in [0.3, 0.4) is 0 Å². The maximum Gasteiger partial charge on any atom is 0.328 e. The van der Waals surface area contributed by atoms with E-state index in [2.05, 4.69) is 73.1 Å². The van der Waals surface area contributed by atoms with Crippen LogP contribution in [0.5, 0.6) is 0 Å². The molecule has 0 aliphatic carbocycles. The Morgan fingerprint density at radius 3 is 1.47 bits per heavy atom. The highest BCUT2D eigenvalue weighted by Crippen LogP contribution is 2.18. The molecule has 0 aromatic carbocycles. The van der Waals surface area contributed by atoms with Crippen molar-refractivity contribution in [3.63, 3.8) is 0 Å². The van der Waals surface area contributed by atoms with Gasteiger partial charge in [-0.05, 0) is 64.2 Å². The van der Waals surface area contributed by atoms with Gasteiger partial charge in [0.15, 0.2) is 0 Å². The number of rotatable bonds is 42. The minimum absolute atomic E-state index is 0.0781. The molecule has 0 saturated carbocycles. The number of aliphatic hydroxyl groups excluding tert-OH is 1. The van der Waals surface area contributed by atoms with E-state index in [0.717, 1.165) is 83.5 Å². The standard InChI is InChI=1S/C49H86N2O7/c1-3-5-7-9-11-13-15-17-18-19-20-22-24-26-28-33-37-41-48(55)58-44(38-34-30-27-25-23-21-16-14-12-10-8-6-4-2)39-35-31-29-32-36-40-46(53)50-42-47(54)51-45(43-52)49(56)57/h6,8,12,14,21,23,27,30,44-45,52H,3-5,7,9-11,13,15-20,22,24-26,28-29,31-43H2,1-2H3,(H,50,53)(H,51,54)(H,56,57)/b8-6-,14-12-,23-21-,30-27-. The molecule has 0 aromatic heterocycles. The molecule has 0 fully saturated rings. The number of carboxylic acids is 1. The Morgan fingerprint density at radius 1 is 0.534 bits per heavy atom. The number of esters is 1. The molecule has 0 aliphatic heterocycles. The lowest BCUT2D eigenvalue weighted by Crippen LogP contribution is -2.47. The number of amides is 2. The fraction of sp³-hybridized carbons (Fsp3) is 0.755. The number of hydrogen-bond donors (Lipinski definition) is 4. The highest BCUT2D eigenvalue weighted by atomic mass is 16.5. The molecule has 2 amide bonds. The normalized spacial score (nSPS) is 12.9. The number of carbonyl (C=O) groups is 4. The summed E-state index contributed by atoms with van der Waals surface area (Å²) in [5.74, 6) is -2.34. The van der Waals surface area contributed by atoms with Gasteiger partial charge in [-0.15, -0.1) is 0 Å². The van der Waals surface area contributed by atoms with Crippen LogP contribution in [0.4, 0.5) is 0 Å². The van der Waals surface area contributed by atoms with E-state index in [4.69, 9.17) is 14.9 Å². The predicted octanol–water partition coefficient (Wildman–Crippen LogP) is 11.9. The lowest BCUT2D eigenvalue weighted by molar-refractivity contribution is -0.150. The number of hydrogen-bond acceptors (Lipinski definition) is 6. The quantitative estimate of drug-likeness (QED) is 0.0273. The summed E-state index contributed by atoms with van der Waals surface area (Å²) in [6.45, 7) is 3.37. The van der Waals surface area contributed by atoms with Gasteiger partial charge in [-0.25, -0.2) is 4.79 Å². The van der Waals surface area contributed by atoms with E-state index in [0.29, 0.717) is 12.8 Å². The lowest BCUT2D eigenvalue weighted by Gasteiger charge is -2.17. The molecule has 4 N–H and O–H groups in total. The molecular formula is C49H86N2O7. The van der Waals surface area contributed by atoms with E-state index < -0.39 is 24.5 Å². The zero-order valence-electron chi connectivity index (χ0n) is 37.0. The van der Waals surface area contributed by atoms with Crippen molar-refractivity contribution in [2.45, 2.75) is 225 Å². The molecule has 2 atom stereocenters. The Kier molecular flexibility index (Phi) is 41.0. The molecule has 0 aliphatic rings. The fourth-order valence-corrected chi connectivity index (χ4v) is 6.77. The van der Waals surface area contributed by atoms with Gasteiger partial charge in [-0.1, -0.05) is 184 Å². The van der Waals surface area contributed by atoms with Crippen molar-refractivity contribution in [3.05, 3.63) is 48.6 Å². The summed E-state index contributed by atoms with van der Waals surface area (Å²) < 4.78 is 6.00. The van der Waals surface area contributed by atoms with E-state index >= 15 is 0 Å². The third-order valence-corrected chi connectivity index (χ3v) is 10.3. The number of ether oxygens (including phenoxy) is 1. The van der Waals surface area contributed by atoms with Crippen molar-refractivity contribution < 1.29 is 34.1 Å². The number of unbranched alkanes of at least 4 members (excludes halogenated alkanes) is 20. The van der Waals surface area contributed by atoms with E-state index in [-0.39, 0.29) is 30.9 Å². The second-order valence-electron chi connectivity index (χ2n) is 15.8. The Labute approximate surface area is 354 Å². The van der Waals surface area contributed by atoms with Crippen molar-refractivity contribution in [2.75, 3.05) is 13.2 Å². The SMILES string of the molecule is CC/C=C\C/C=C\C/C=C\C/C=C\CCC(CCCCCCCC(=O)NCC(=O)NC(CO)C(=O)O)OC(=O)CCCCCCCCCCCCCCCCCCC. The average molecular weight is 815 g/mol. The number of aliphatic carboxylic acids is 1. The summed E-state index contributed by atoms with van der Waals surface area (Å²) in [5, 5.41) is 22.6. The Balaban J connectivity index is 4.37. The topological polar surface area (TPSA) is 142 Å². The second kappa shape index (κ2) is 43.4. The van der Waals surface area contributed by atoms with Gasteiger partial charge in [0.25, 0.3) is 0 Å². The summed E-state index contributed by atoms with van der Waals surface area (Å²) in [6, 6.07) is -1.39. The molecule has 0 aromatic rings. The summed E-state index contributed by atoms with van der Waals surface area (Å²) in [4.78, 5) is 47.7. The van der Waals surface area contributed by atoms with Crippen LogP contribution >= 0.6 is 0 Å². The first-order chi connectivity index (χ1) is 28.3. The van der Waals surface area contributed by atoms with Crippen molar-refractivity contribution in [2.24, 2.45) is 0 Å². The van der Waals surface area contributed by atoms with Crippen LogP contribution in [0, 0.1) is 0 Å². The summed E-state index contributed by atoms with van der Waals surface area (Å²) in [6.07, 6.45) is 51.5. The zero-order chi connectivity index (χ0) is 42.6. The summed E-state index contributed by atoms with van der Waals surface area (Å²) in [5.41, 5.74) is 0. The molecule has 0 rings (SSSR count). The Morgan fingerprint density at radius 2 is 0.983 bits per heavy atom. The Hall–Kier alpha value is -3.20. The van der Waals surface area contributed by atoms with Gasteiger partial charge in [-0.2, -0.15) is 0 Å². The van der Waals surface area contributed by atoms with Crippen molar-refractivity contribution >= 4 is 23.8 Å². The van der Waals surface area contributed by atoms with Gasteiger partial charge in [0, 0.05) is 12.8 Å². The molecule has 58 heavy (non-hydrogen) atoms. The highest BCUT2D eigenvalue weighted by molar-refractivity contribution is 5.87. The van der Waals surface area contributed by atoms with Crippen LogP contribution in [-0.2, 0) is 23.9 Å². The molecule has 334 valence electrons. The lowest BCUT2D eigenvalue weighted by atomic mass is 10.0. The second-order valence-corrected chi connectivity index (χ2v) is 15.8. The number of allylic oxidation sites excluding steroid dienone is 8. The van der Waals surface area contributed by atoms with Crippen LogP contribution in [-0.4, -0.2) is 59.3 Å². The maximum atomic E-state index is 12.8. The molecule has 0 spiro atoms. The first kappa shape index (κ1) is 54.8. The predicted molar refractivity (Wildman–Crippen MR) is 241 cm³/mol. The minimum Gasteiger partial charge on any atom is -0.480 e. The van der Waals surface area contributed by atoms with E-state index in [1.165, 1.54) is 96.3 Å². The summed E-state index contributed by atoms with van der Waals surface area (Å²) in [7, 11) is 0. The number of aliphatic hydroxyl groups is 1. The van der Waals surface area contributed by atoms with Gasteiger partial charge in [0.05, 0.1) is 13.2 Å². The first-order valence-electron chi connectivity index (χ1n) is 23.5. The third kappa shape index (κ3) is 39.6. The van der Waals surface area contributed by atoms with Crippen LogP contribution < -0.4 is 10.6 Å². The van der Waals surface area contributed by atoms with E-state index in [1.807, 2.05) is 0 Å². The maximum absolute atomic E-state index is 12.8. The van der Waals surface area contributed by atoms with Gasteiger partial charge >= 0.3 is 11.9 Å². The van der Waals surface area contributed by atoms with Crippen molar-refractivity contribution in [3.8, 4) is 0 Å². The monoisotopic (exact) mass is 815 g/mol. The zero-order valence-corrected chi connectivity index (χ0v) is 37.0. The van der Waals surface area contributed by atoms with Crippen LogP contribution in [0.2, 0.25) is 0 Å². The third-order valence-electron chi connectivity index (χ3n) is 10.3. The number of carbonyl (C=O) groups excluding carboxylic acids is 3. The molecule has 0 saturated heterocycles. The molecule has 2 unspecified atom stereocenters. The molecule has 0 radical (unpaired) electrons. The van der Waals surface area contributed by atoms with Gasteiger partial charge in [-0.3, -0.25) is 14.4 Å². The largest absolute Gasteiger partial charge is 0.480 e. The number of carboxylic acid groups (broad SMARTS) is 1. The van der Waals surface area contributed by atoms with E-state index in [9.17, 15) is 19.2 Å². The minimum atomic E-state index is -1.39. The average Bonchev–Trinajstić information content (AvgIpc) is 3.21. The van der Waals surface area contributed by atoms with Crippen LogP contribution in [0.25, 0.3) is 0 Å². The van der Waals surface area contributed by atoms with Gasteiger partial charge in [0.1, 0.15) is 12.1 Å². The molecular weight excluding hydrogens is 729 g/mol. The van der Waals surface area contributed by atoms with E-state index in [1.54, 1.807) is 0 Å². The summed E-state index contributed by atoms with van der Waals surface area (Å²) >= 11 is 0. The Bertz CT molecular complexity index is 1120. The van der Waals surface area contributed by atoms with Gasteiger partial charge < -0.3 is 25.6 Å². The first-order valence-corrected chi connectivity index (χ1v) is 23.5. The molecule has 9 heteroatoms. The van der Waals surface area contributed by atoms with Crippen molar-refractivity contribution in [1.29, 1.82) is 0 Å². The number of nitrogens with one attached hydrogen (secondary N) is 2. The molecule has 9 nitrogen and oxygen atoms in total. The van der Waals surface area contributed by atoms with Crippen molar-refractivity contribution in [1.82, 2.24) is 10.6 Å². The fourth-order valence-electron chi connectivity index (χ4n) is 6.77.